The SMILES string of the molecule is CCCCN(CCCC)CCNC(=O)C=C1Sc2ccccc2NC1=O. The molecule has 2 amide bonds. The summed E-state index contributed by atoms with van der Waals surface area (Å²) in [6.45, 7) is 7.97. The number of benzene rings is 1. The van der Waals surface area contributed by atoms with E-state index >= 15 is 0 Å². The number of hydrogen-bond donors (Lipinski definition) is 2. The third kappa shape index (κ3) is 6.50. The monoisotopic (exact) mass is 375 g/mol. The Labute approximate surface area is 160 Å². The van der Waals surface area contributed by atoms with Gasteiger partial charge in [-0.15, -0.1) is 0 Å². The number of nitrogens with one attached hydrogen (secondary N) is 2. The lowest BCUT2D eigenvalue weighted by atomic mass is 10.2. The van der Waals surface area contributed by atoms with Crippen LogP contribution < -0.4 is 10.6 Å². The average molecular weight is 376 g/mol. The van der Waals surface area contributed by atoms with Crippen molar-refractivity contribution >= 4 is 29.3 Å². The number of amides is 2. The summed E-state index contributed by atoms with van der Waals surface area (Å²) in [7, 11) is 0. The first kappa shape index (κ1) is 20.5. The number of hydrogen-bond acceptors (Lipinski definition) is 4. The highest BCUT2D eigenvalue weighted by atomic mass is 32.2. The van der Waals surface area contributed by atoms with E-state index in [-0.39, 0.29) is 11.8 Å². The van der Waals surface area contributed by atoms with Crippen LogP contribution in [-0.4, -0.2) is 42.9 Å². The molecule has 26 heavy (non-hydrogen) atoms. The molecule has 0 spiro atoms. The Balaban J connectivity index is 1.83. The molecule has 6 heteroatoms. The standard InChI is InChI=1S/C20H29N3O2S/c1-3-5-12-23(13-6-4-2)14-11-21-19(24)15-18-20(25)22-16-9-7-8-10-17(16)26-18/h7-10,15H,3-6,11-14H2,1-2H3,(H,21,24)(H,22,25). The Morgan fingerprint density at radius 3 is 2.54 bits per heavy atom. The summed E-state index contributed by atoms with van der Waals surface area (Å²) in [5.74, 6) is -0.440. The van der Waals surface area contributed by atoms with Gasteiger partial charge >= 0.3 is 0 Å². The van der Waals surface area contributed by atoms with Crippen LogP contribution in [0.5, 0.6) is 0 Å². The zero-order valence-corrected chi connectivity index (χ0v) is 16.5. The van der Waals surface area contributed by atoms with E-state index in [9.17, 15) is 9.59 Å². The van der Waals surface area contributed by atoms with Crippen molar-refractivity contribution in [3.63, 3.8) is 0 Å². The van der Waals surface area contributed by atoms with Gasteiger partial charge in [-0.2, -0.15) is 0 Å². The van der Waals surface area contributed by atoms with Crippen LogP contribution in [0.4, 0.5) is 5.69 Å². The number of rotatable bonds is 10. The van der Waals surface area contributed by atoms with Gasteiger partial charge in [0, 0.05) is 24.1 Å². The minimum absolute atomic E-state index is 0.215. The number of fused-ring (bicyclic) bond motifs is 1. The van der Waals surface area contributed by atoms with Crippen molar-refractivity contribution in [3.8, 4) is 0 Å². The number of nitrogens with zero attached hydrogens (tertiary/aromatic N) is 1. The van der Waals surface area contributed by atoms with Gasteiger partial charge in [-0.25, -0.2) is 0 Å². The molecule has 2 N–H and O–H groups in total. The Morgan fingerprint density at radius 2 is 1.85 bits per heavy atom. The molecule has 142 valence electrons. The molecule has 0 unspecified atom stereocenters. The molecule has 5 nitrogen and oxygen atoms in total. The second-order valence-electron chi connectivity index (χ2n) is 6.40. The van der Waals surface area contributed by atoms with Gasteiger partial charge in [-0.1, -0.05) is 50.6 Å². The van der Waals surface area contributed by atoms with Crippen LogP contribution in [0, 0.1) is 0 Å². The molecule has 0 radical (unpaired) electrons. The van der Waals surface area contributed by atoms with Crippen molar-refractivity contribution in [1.29, 1.82) is 0 Å². The molecule has 0 bridgehead atoms. The molecule has 0 saturated carbocycles. The normalized spacial score (nSPS) is 15.0. The number of thioether (sulfide) groups is 1. The Bertz CT molecular complexity index is 638. The van der Waals surface area contributed by atoms with Gasteiger partial charge in [0.1, 0.15) is 0 Å². The van der Waals surface area contributed by atoms with Crippen LogP contribution in [0.25, 0.3) is 0 Å². The minimum atomic E-state index is -0.226. The Morgan fingerprint density at radius 1 is 1.15 bits per heavy atom. The van der Waals surface area contributed by atoms with E-state index in [2.05, 4.69) is 29.4 Å². The Hall–Kier alpha value is -1.79. The first-order valence-corrected chi connectivity index (χ1v) is 10.3. The number of carbonyl (C=O) groups is 2. The van der Waals surface area contributed by atoms with Crippen LogP contribution >= 0.6 is 11.8 Å². The lowest BCUT2D eigenvalue weighted by Gasteiger charge is -2.22. The summed E-state index contributed by atoms with van der Waals surface area (Å²) in [4.78, 5) is 28.1. The van der Waals surface area contributed by atoms with Gasteiger partial charge in [0.15, 0.2) is 0 Å². The van der Waals surface area contributed by atoms with E-state index < -0.39 is 0 Å². The van der Waals surface area contributed by atoms with E-state index in [0.29, 0.717) is 11.4 Å². The number of para-hydroxylation sites is 1. The highest BCUT2D eigenvalue weighted by molar-refractivity contribution is 8.04. The number of anilines is 1. The lowest BCUT2D eigenvalue weighted by molar-refractivity contribution is -0.117. The largest absolute Gasteiger partial charge is 0.351 e. The molecule has 1 aliphatic heterocycles. The summed E-state index contributed by atoms with van der Waals surface area (Å²) in [5.41, 5.74) is 0.794. The van der Waals surface area contributed by atoms with Gasteiger partial charge in [-0.3, -0.25) is 9.59 Å². The van der Waals surface area contributed by atoms with Crippen molar-refractivity contribution in [2.75, 3.05) is 31.5 Å². The molecular weight excluding hydrogens is 346 g/mol. The van der Waals surface area contributed by atoms with Crippen molar-refractivity contribution in [1.82, 2.24) is 10.2 Å². The molecule has 0 saturated heterocycles. The van der Waals surface area contributed by atoms with E-state index in [1.165, 1.54) is 43.5 Å². The zero-order chi connectivity index (χ0) is 18.8. The van der Waals surface area contributed by atoms with Crippen LogP contribution in [0.1, 0.15) is 39.5 Å². The van der Waals surface area contributed by atoms with E-state index in [0.717, 1.165) is 30.2 Å². The average Bonchev–Trinajstić information content (AvgIpc) is 2.64. The fraction of sp³-hybridized carbons (Fsp3) is 0.500. The first-order chi connectivity index (χ1) is 12.6. The van der Waals surface area contributed by atoms with Crippen LogP contribution in [-0.2, 0) is 9.59 Å². The Kier molecular flexibility index (Phi) is 8.71. The molecule has 0 fully saturated rings. The number of carbonyl (C=O) groups excluding carboxylic acids is 2. The van der Waals surface area contributed by atoms with E-state index in [4.69, 9.17) is 0 Å². The highest BCUT2D eigenvalue weighted by Gasteiger charge is 2.21. The first-order valence-electron chi connectivity index (χ1n) is 9.44. The van der Waals surface area contributed by atoms with Crippen molar-refractivity contribution in [2.24, 2.45) is 0 Å². The fourth-order valence-electron chi connectivity index (χ4n) is 2.71. The molecule has 1 aromatic carbocycles. The maximum absolute atomic E-state index is 12.2. The second kappa shape index (κ2) is 11.0. The van der Waals surface area contributed by atoms with Crippen LogP contribution in [0.15, 0.2) is 40.1 Å². The lowest BCUT2D eigenvalue weighted by Crippen LogP contribution is -2.35. The summed E-state index contributed by atoms with van der Waals surface area (Å²) in [5, 5.41) is 5.73. The summed E-state index contributed by atoms with van der Waals surface area (Å²) < 4.78 is 0. The minimum Gasteiger partial charge on any atom is -0.351 e. The van der Waals surface area contributed by atoms with Gasteiger partial charge < -0.3 is 15.5 Å². The van der Waals surface area contributed by atoms with Gasteiger partial charge in [0.05, 0.1) is 10.6 Å². The molecule has 1 aromatic rings. The van der Waals surface area contributed by atoms with Crippen LogP contribution in [0.3, 0.4) is 0 Å². The highest BCUT2D eigenvalue weighted by Crippen LogP contribution is 2.37. The van der Waals surface area contributed by atoms with E-state index in [1.807, 2.05) is 24.3 Å². The molecule has 1 aliphatic rings. The topological polar surface area (TPSA) is 61.4 Å². The third-order valence-electron chi connectivity index (χ3n) is 4.22. The van der Waals surface area contributed by atoms with Crippen LogP contribution in [0.2, 0.25) is 0 Å². The second-order valence-corrected chi connectivity index (χ2v) is 7.48. The summed E-state index contributed by atoms with van der Waals surface area (Å²) in [6, 6.07) is 7.59. The fourth-order valence-corrected chi connectivity index (χ4v) is 3.63. The predicted molar refractivity (Wildman–Crippen MR) is 108 cm³/mol. The van der Waals surface area contributed by atoms with Crippen molar-refractivity contribution < 1.29 is 9.59 Å². The maximum Gasteiger partial charge on any atom is 0.262 e. The van der Waals surface area contributed by atoms with Crippen molar-refractivity contribution in [2.45, 2.75) is 44.4 Å². The molecule has 0 aliphatic carbocycles. The zero-order valence-electron chi connectivity index (χ0n) is 15.7. The quantitative estimate of drug-likeness (QED) is 0.613. The summed E-state index contributed by atoms with van der Waals surface area (Å²) >= 11 is 1.33. The third-order valence-corrected chi connectivity index (χ3v) is 5.32. The smallest absolute Gasteiger partial charge is 0.262 e. The molecule has 0 aromatic heterocycles. The molecular formula is C20H29N3O2S. The number of unbranched alkanes of at least 4 members (excludes halogenated alkanes) is 2. The van der Waals surface area contributed by atoms with E-state index in [1.54, 1.807) is 0 Å². The van der Waals surface area contributed by atoms with Gasteiger partial charge in [0.25, 0.3) is 5.91 Å². The predicted octanol–water partition coefficient (Wildman–Crippen LogP) is 3.63. The van der Waals surface area contributed by atoms with Crippen molar-refractivity contribution in [3.05, 3.63) is 35.2 Å². The molecule has 0 atom stereocenters. The molecule has 2 rings (SSSR count). The van der Waals surface area contributed by atoms with Gasteiger partial charge in [-0.05, 0) is 38.1 Å². The van der Waals surface area contributed by atoms with Gasteiger partial charge in [0.2, 0.25) is 5.91 Å². The summed E-state index contributed by atoms with van der Waals surface area (Å²) in [6.07, 6.45) is 6.11. The maximum atomic E-state index is 12.2. The molecule has 1 heterocycles.